The Kier molecular flexibility index (Phi) is 3.03. The van der Waals surface area contributed by atoms with Crippen molar-refractivity contribution in [3.8, 4) is 0 Å². The molecule has 1 aromatic rings. The maximum Gasteiger partial charge on any atom is 0.305 e. The molecular formula is C12H11N2O5S2-. The van der Waals surface area contributed by atoms with Crippen molar-refractivity contribution in [2.24, 2.45) is 5.92 Å². The summed E-state index contributed by atoms with van der Waals surface area (Å²) in [5.41, 5.74) is -0.706. The Morgan fingerprint density at radius 3 is 2.62 bits per heavy atom. The SMILES string of the molecule is CC1(C)c2sc(=O)[nH]c2S[C@H]2C(=O)N(CC(=O)[O-])C(=O)[C@H]21. The highest BCUT2D eigenvalue weighted by Gasteiger charge is 2.58. The number of carboxylic acids is 1. The number of rotatable bonds is 2. The van der Waals surface area contributed by atoms with Crippen LogP contribution >= 0.6 is 23.1 Å². The number of thiazole rings is 1. The molecule has 2 atom stereocenters. The van der Waals surface area contributed by atoms with E-state index in [1.807, 2.05) is 0 Å². The molecule has 0 aliphatic carbocycles. The average Bonchev–Trinajstić information content (AvgIpc) is 2.84. The molecule has 2 aliphatic heterocycles. The van der Waals surface area contributed by atoms with Crippen molar-refractivity contribution in [3.63, 3.8) is 0 Å². The topological polar surface area (TPSA) is 110 Å². The van der Waals surface area contributed by atoms with Crippen LogP contribution in [-0.2, 0) is 19.8 Å². The molecule has 1 aromatic heterocycles. The zero-order valence-corrected chi connectivity index (χ0v) is 12.8. The van der Waals surface area contributed by atoms with Crippen LogP contribution in [0.5, 0.6) is 0 Å². The predicted molar refractivity (Wildman–Crippen MR) is 72.8 cm³/mol. The fourth-order valence-electron chi connectivity index (χ4n) is 2.88. The molecular weight excluding hydrogens is 316 g/mol. The van der Waals surface area contributed by atoms with E-state index in [4.69, 9.17) is 0 Å². The van der Waals surface area contributed by atoms with Crippen LogP contribution in [0.15, 0.2) is 9.82 Å². The van der Waals surface area contributed by atoms with Crippen LogP contribution in [0.1, 0.15) is 18.7 Å². The molecule has 7 nitrogen and oxygen atoms in total. The van der Waals surface area contributed by atoms with Gasteiger partial charge in [-0.05, 0) is 0 Å². The lowest BCUT2D eigenvalue weighted by Gasteiger charge is -2.36. The summed E-state index contributed by atoms with van der Waals surface area (Å²) in [6.07, 6.45) is 0. The number of aromatic amines is 1. The molecule has 0 aromatic carbocycles. The Morgan fingerprint density at radius 1 is 1.33 bits per heavy atom. The molecule has 9 heteroatoms. The van der Waals surface area contributed by atoms with Gasteiger partial charge in [0.15, 0.2) is 0 Å². The number of hydrogen-bond donors (Lipinski definition) is 1. The van der Waals surface area contributed by atoms with Crippen molar-refractivity contribution in [2.75, 3.05) is 6.54 Å². The van der Waals surface area contributed by atoms with E-state index in [9.17, 15) is 24.3 Å². The van der Waals surface area contributed by atoms with E-state index >= 15 is 0 Å². The van der Waals surface area contributed by atoms with Crippen LogP contribution in [0.4, 0.5) is 0 Å². The number of thioether (sulfide) groups is 1. The van der Waals surface area contributed by atoms with Crippen LogP contribution in [-0.4, -0.2) is 39.5 Å². The first-order valence-electron chi connectivity index (χ1n) is 6.19. The van der Waals surface area contributed by atoms with E-state index in [0.717, 1.165) is 32.9 Å². The van der Waals surface area contributed by atoms with Crippen molar-refractivity contribution < 1.29 is 19.5 Å². The summed E-state index contributed by atoms with van der Waals surface area (Å²) in [6, 6.07) is 0. The smallest absolute Gasteiger partial charge is 0.305 e. The zero-order valence-electron chi connectivity index (χ0n) is 11.2. The van der Waals surface area contributed by atoms with Crippen molar-refractivity contribution >= 4 is 40.9 Å². The van der Waals surface area contributed by atoms with Gasteiger partial charge in [0, 0.05) is 10.3 Å². The van der Waals surface area contributed by atoms with Gasteiger partial charge < -0.3 is 14.9 Å². The van der Waals surface area contributed by atoms with Crippen LogP contribution in [0.3, 0.4) is 0 Å². The summed E-state index contributed by atoms with van der Waals surface area (Å²) in [4.78, 5) is 50.9. The van der Waals surface area contributed by atoms with Crippen LogP contribution < -0.4 is 9.98 Å². The number of carbonyl (C=O) groups is 3. The fraction of sp³-hybridized carbons (Fsp3) is 0.500. The molecule has 0 radical (unpaired) electrons. The standard InChI is InChI=1S/C12H12N2O5S2/c1-12(2)5-6(20-8-7(12)21-11(19)13-8)10(18)14(9(5)17)3-4(15)16/h5-6H,3H2,1-2H3,(H,13,19)(H,15,16)/p-1/t5-,6+/m0/s1. The van der Waals surface area contributed by atoms with Gasteiger partial charge in [-0.15, -0.1) is 0 Å². The number of nitrogens with one attached hydrogen (secondary N) is 1. The van der Waals surface area contributed by atoms with Gasteiger partial charge in [0.1, 0.15) is 5.25 Å². The van der Waals surface area contributed by atoms with Crippen molar-refractivity contribution in [1.82, 2.24) is 9.88 Å². The van der Waals surface area contributed by atoms with Gasteiger partial charge in [-0.2, -0.15) is 0 Å². The van der Waals surface area contributed by atoms with Crippen molar-refractivity contribution in [1.29, 1.82) is 0 Å². The number of aliphatic carboxylic acids is 1. The maximum absolute atomic E-state index is 12.4. The predicted octanol–water partition coefficient (Wildman–Crippen LogP) is -1.08. The van der Waals surface area contributed by atoms with Gasteiger partial charge in [-0.1, -0.05) is 36.9 Å². The lowest BCUT2D eigenvalue weighted by molar-refractivity contribution is -0.305. The second-order valence-electron chi connectivity index (χ2n) is 5.55. The fourth-order valence-corrected chi connectivity index (χ4v) is 5.68. The molecule has 1 fully saturated rings. The third-order valence-electron chi connectivity index (χ3n) is 3.86. The monoisotopic (exact) mass is 327 g/mol. The zero-order chi connectivity index (χ0) is 15.5. The number of hydrogen-bond acceptors (Lipinski definition) is 7. The molecule has 0 saturated carbocycles. The number of carboxylic acid groups (broad SMARTS) is 1. The molecule has 2 amide bonds. The van der Waals surface area contributed by atoms with Gasteiger partial charge in [-0.3, -0.25) is 19.3 Å². The molecule has 2 aliphatic rings. The van der Waals surface area contributed by atoms with E-state index < -0.39 is 40.9 Å². The van der Waals surface area contributed by atoms with E-state index in [1.165, 1.54) is 0 Å². The normalized spacial score (nSPS) is 26.7. The third-order valence-corrected chi connectivity index (χ3v) is 6.48. The lowest BCUT2D eigenvalue weighted by atomic mass is 9.76. The van der Waals surface area contributed by atoms with Gasteiger partial charge >= 0.3 is 4.87 Å². The number of nitrogens with zero attached hydrogens (tertiary/aromatic N) is 1. The second-order valence-corrected chi connectivity index (χ2v) is 7.68. The number of amides is 2. The molecule has 3 heterocycles. The molecule has 0 spiro atoms. The number of carbonyl (C=O) groups excluding carboxylic acids is 3. The summed E-state index contributed by atoms with van der Waals surface area (Å²) in [5, 5.41) is 10.6. The van der Waals surface area contributed by atoms with Crippen molar-refractivity contribution in [3.05, 3.63) is 14.5 Å². The first kappa shape index (κ1) is 14.3. The highest BCUT2D eigenvalue weighted by atomic mass is 32.2. The van der Waals surface area contributed by atoms with Crippen LogP contribution in [0.25, 0.3) is 0 Å². The number of imide groups is 1. The summed E-state index contributed by atoms with van der Waals surface area (Å²) in [5.74, 6) is -3.20. The number of fused-ring (bicyclic) bond motifs is 2. The van der Waals surface area contributed by atoms with Crippen molar-refractivity contribution in [2.45, 2.75) is 29.5 Å². The van der Waals surface area contributed by atoms with Crippen LogP contribution in [0.2, 0.25) is 0 Å². The quantitative estimate of drug-likeness (QED) is 0.692. The van der Waals surface area contributed by atoms with E-state index in [-0.39, 0.29) is 4.87 Å². The summed E-state index contributed by atoms with van der Waals surface area (Å²) in [7, 11) is 0. The first-order valence-corrected chi connectivity index (χ1v) is 7.88. The Hall–Kier alpha value is -1.61. The Labute approximate surface area is 127 Å². The molecule has 21 heavy (non-hydrogen) atoms. The Balaban J connectivity index is 2.07. The molecule has 3 rings (SSSR count). The Morgan fingerprint density at radius 2 is 2.00 bits per heavy atom. The highest BCUT2D eigenvalue weighted by Crippen LogP contribution is 2.52. The number of aromatic nitrogens is 1. The third kappa shape index (κ3) is 1.95. The van der Waals surface area contributed by atoms with E-state index in [2.05, 4.69) is 4.98 Å². The number of likely N-dealkylation sites (tertiary alicyclic amines) is 1. The largest absolute Gasteiger partial charge is 0.548 e. The first-order chi connectivity index (χ1) is 9.73. The van der Waals surface area contributed by atoms with E-state index in [1.54, 1.807) is 13.8 Å². The minimum Gasteiger partial charge on any atom is -0.548 e. The second kappa shape index (κ2) is 4.44. The van der Waals surface area contributed by atoms with Gasteiger partial charge in [-0.25, -0.2) is 0 Å². The van der Waals surface area contributed by atoms with Crippen LogP contribution in [0, 0.1) is 5.92 Å². The van der Waals surface area contributed by atoms with E-state index in [0.29, 0.717) is 5.03 Å². The highest BCUT2D eigenvalue weighted by molar-refractivity contribution is 8.00. The number of H-pyrrole nitrogens is 1. The average molecular weight is 327 g/mol. The molecule has 0 unspecified atom stereocenters. The summed E-state index contributed by atoms with van der Waals surface area (Å²) in [6.45, 7) is 2.85. The minimum absolute atomic E-state index is 0.230. The van der Waals surface area contributed by atoms with Gasteiger partial charge in [0.05, 0.1) is 23.5 Å². The molecule has 1 saturated heterocycles. The summed E-state index contributed by atoms with van der Waals surface area (Å²) >= 11 is 2.14. The Bertz CT molecular complexity index is 719. The van der Waals surface area contributed by atoms with Gasteiger partial charge in [0.2, 0.25) is 11.8 Å². The van der Waals surface area contributed by atoms with Gasteiger partial charge in [0.25, 0.3) is 0 Å². The molecule has 1 N–H and O–H groups in total. The summed E-state index contributed by atoms with van der Waals surface area (Å²) < 4.78 is 0. The molecule has 112 valence electrons. The maximum atomic E-state index is 12.4. The lowest BCUT2D eigenvalue weighted by Crippen LogP contribution is -2.43. The minimum atomic E-state index is -1.47. The molecule has 0 bridgehead atoms.